The van der Waals surface area contributed by atoms with Gasteiger partial charge in [-0.15, -0.1) is 0 Å². The molecule has 2 unspecified atom stereocenters. The van der Waals surface area contributed by atoms with Crippen molar-refractivity contribution in [3.05, 3.63) is 35.0 Å². The minimum atomic E-state index is -1.44. The van der Waals surface area contributed by atoms with Gasteiger partial charge in [-0.1, -0.05) is 58.6 Å². The van der Waals surface area contributed by atoms with E-state index in [0.29, 0.717) is 18.7 Å². The summed E-state index contributed by atoms with van der Waals surface area (Å²) in [6.45, 7) is 14.1. The Morgan fingerprint density at radius 2 is 2.04 bits per heavy atom. The predicted molar refractivity (Wildman–Crippen MR) is 119 cm³/mol. The maximum Gasteiger partial charge on any atom is 0.223 e. The van der Waals surface area contributed by atoms with Crippen LogP contribution in [0.2, 0.25) is 19.6 Å². The molecule has 1 aromatic heterocycles. The van der Waals surface area contributed by atoms with Gasteiger partial charge in [-0.25, -0.2) is 0 Å². The molecule has 0 bridgehead atoms. The van der Waals surface area contributed by atoms with Crippen molar-refractivity contribution in [3.63, 3.8) is 0 Å². The van der Waals surface area contributed by atoms with Gasteiger partial charge in [0.1, 0.15) is 5.60 Å². The number of aromatic amines is 1. The second kappa shape index (κ2) is 8.03. The molecule has 2 N–H and O–H groups in total. The van der Waals surface area contributed by atoms with Gasteiger partial charge in [0.05, 0.1) is 26.8 Å². The van der Waals surface area contributed by atoms with Crippen molar-refractivity contribution in [2.45, 2.75) is 83.8 Å². The normalized spacial score (nSPS) is 20.8. The maximum absolute atomic E-state index is 13.1. The molecule has 0 saturated heterocycles. The van der Waals surface area contributed by atoms with Crippen LogP contribution in [0.5, 0.6) is 0 Å². The molecule has 2 atom stereocenters. The van der Waals surface area contributed by atoms with Gasteiger partial charge in [0.2, 0.25) is 5.91 Å². The van der Waals surface area contributed by atoms with Crippen LogP contribution in [0.4, 0.5) is 0 Å². The van der Waals surface area contributed by atoms with E-state index < -0.39 is 13.7 Å². The summed E-state index contributed by atoms with van der Waals surface area (Å²) in [7, 11) is -1.44. The number of hydrogen-bond donors (Lipinski definition) is 2. The molecule has 1 aliphatic rings. The number of aromatic nitrogens is 1. The van der Waals surface area contributed by atoms with Crippen LogP contribution in [0, 0.1) is 0 Å². The lowest BCUT2D eigenvalue weighted by molar-refractivity contribution is -0.133. The standard InChI is InChI=1S/C23H36N2O2Si/c1-7-16-11-10-12-17-18-13-14-27-23(9-3,22(18)25-21(16)17)15-19(26)24-20(8-2)28(4,5)6/h10-12,20,25H,7-9,13-15H2,1-6H3,(H,24,26). The van der Waals surface area contributed by atoms with Gasteiger partial charge in [-0.3, -0.25) is 4.79 Å². The lowest BCUT2D eigenvalue weighted by Crippen LogP contribution is -2.52. The molecule has 5 heteroatoms. The van der Waals surface area contributed by atoms with Crippen molar-refractivity contribution in [1.82, 2.24) is 10.3 Å². The van der Waals surface area contributed by atoms with Crippen molar-refractivity contribution in [1.29, 1.82) is 0 Å². The third kappa shape index (κ3) is 3.79. The van der Waals surface area contributed by atoms with Crippen molar-refractivity contribution < 1.29 is 9.53 Å². The highest BCUT2D eigenvalue weighted by Crippen LogP contribution is 2.42. The van der Waals surface area contributed by atoms with E-state index in [4.69, 9.17) is 4.74 Å². The molecule has 3 rings (SSSR count). The van der Waals surface area contributed by atoms with Crippen molar-refractivity contribution in [3.8, 4) is 0 Å². The summed E-state index contributed by atoms with van der Waals surface area (Å²) in [4.78, 5) is 16.7. The molecule has 1 aromatic carbocycles. The Morgan fingerprint density at radius 3 is 2.64 bits per heavy atom. The number of benzene rings is 1. The van der Waals surface area contributed by atoms with E-state index in [1.165, 1.54) is 22.0 Å². The maximum atomic E-state index is 13.1. The summed E-state index contributed by atoms with van der Waals surface area (Å²) in [5, 5.41) is 4.62. The van der Waals surface area contributed by atoms with Gasteiger partial charge in [0, 0.05) is 16.6 Å². The second-order valence-corrected chi connectivity index (χ2v) is 14.6. The minimum absolute atomic E-state index is 0.110. The largest absolute Gasteiger partial charge is 0.368 e. The number of para-hydroxylation sites is 1. The molecule has 2 heterocycles. The molecule has 4 nitrogen and oxygen atoms in total. The topological polar surface area (TPSA) is 54.1 Å². The fraction of sp³-hybridized carbons (Fsp3) is 0.609. The second-order valence-electron chi connectivity index (χ2n) is 9.19. The average Bonchev–Trinajstić information content (AvgIpc) is 3.05. The van der Waals surface area contributed by atoms with Gasteiger partial charge in [-0.2, -0.15) is 0 Å². The summed E-state index contributed by atoms with van der Waals surface area (Å²) in [5.74, 6) is 0.110. The van der Waals surface area contributed by atoms with E-state index in [9.17, 15) is 4.79 Å². The first kappa shape index (κ1) is 21.1. The van der Waals surface area contributed by atoms with E-state index in [2.05, 4.69) is 68.9 Å². The van der Waals surface area contributed by atoms with Gasteiger partial charge in [0.25, 0.3) is 0 Å². The summed E-state index contributed by atoms with van der Waals surface area (Å²) in [6, 6.07) is 6.53. The van der Waals surface area contributed by atoms with Crippen molar-refractivity contribution >= 4 is 24.9 Å². The zero-order chi connectivity index (χ0) is 20.5. The Balaban J connectivity index is 1.96. The lowest BCUT2D eigenvalue weighted by Gasteiger charge is -2.37. The number of aryl methyl sites for hydroxylation is 1. The van der Waals surface area contributed by atoms with Crippen LogP contribution in [0.15, 0.2) is 18.2 Å². The molecule has 154 valence electrons. The summed E-state index contributed by atoms with van der Waals surface area (Å²) in [5.41, 5.74) is 4.74. The molecule has 0 spiro atoms. The van der Waals surface area contributed by atoms with Crippen molar-refractivity contribution in [2.75, 3.05) is 6.61 Å². The molecule has 28 heavy (non-hydrogen) atoms. The SMILES string of the molecule is CCc1cccc2c3c([nH]c12)C(CC)(CC(=O)NC(CC)[Si](C)(C)C)OCC3. The monoisotopic (exact) mass is 400 g/mol. The molecule has 0 aliphatic carbocycles. The zero-order valence-electron chi connectivity index (χ0n) is 18.4. The van der Waals surface area contributed by atoms with E-state index in [1.54, 1.807) is 0 Å². The Kier molecular flexibility index (Phi) is 6.06. The van der Waals surface area contributed by atoms with Crippen LogP contribution in [0.25, 0.3) is 10.9 Å². The Hall–Kier alpha value is -1.59. The highest BCUT2D eigenvalue weighted by atomic mass is 28.3. The third-order valence-corrected chi connectivity index (χ3v) is 9.04. The smallest absolute Gasteiger partial charge is 0.223 e. The van der Waals surface area contributed by atoms with Gasteiger partial charge < -0.3 is 15.0 Å². The fourth-order valence-corrected chi connectivity index (χ4v) is 6.50. The number of fused-ring (bicyclic) bond motifs is 3. The molecule has 0 radical (unpaired) electrons. The number of ether oxygens (including phenoxy) is 1. The lowest BCUT2D eigenvalue weighted by atomic mass is 9.86. The van der Waals surface area contributed by atoms with E-state index in [-0.39, 0.29) is 5.91 Å². The highest BCUT2D eigenvalue weighted by Gasteiger charge is 2.41. The third-order valence-electron chi connectivity index (χ3n) is 6.40. The number of rotatable bonds is 7. The minimum Gasteiger partial charge on any atom is -0.368 e. The quantitative estimate of drug-likeness (QED) is 0.638. The van der Waals surface area contributed by atoms with Crippen molar-refractivity contribution in [2.24, 2.45) is 0 Å². The van der Waals surface area contributed by atoms with Gasteiger partial charge in [0.15, 0.2) is 0 Å². The van der Waals surface area contributed by atoms with Crippen LogP contribution in [0.1, 0.15) is 56.9 Å². The highest BCUT2D eigenvalue weighted by molar-refractivity contribution is 6.77. The number of amides is 1. The van der Waals surface area contributed by atoms with Crippen LogP contribution in [-0.2, 0) is 28.0 Å². The molecule has 1 aliphatic heterocycles. The average molecular weight is 401 g/mol. The number of carbonyl (C=O) groups excluding carboxylic acids is 1. The van der Waals surface area contributed by atoms with E-state index in [0.717, 1.165) is 31.4 Å². The van der Waals surface area contributed by atoms with Gasteiger partial charge >= 0.3 is 0 Å². The van der Waals surface area contributed by atoms with Crippen LogP contribution < -0.4 is 5.32 Å². The molecule has 2 aromatic rings. The molecule has 1 amide bonds. The number of nitrogens with one attached hydrogen (secondary N) is 2. The van der Waals surface area contributed by atoms with Crippen LogP contribution in [0.3, 0.4) is 0 Å². The van der Waals surface area contributed by atoms with Crippen LogP contribution in [-0.4, -0.2) is 31.2 Å². The zero-order valence-corrected chi connectivity index (χ0v) is 19.4. The Labute approximate surface area is 170 Å². The summed E-state index contributed by atoms with van der Waals surface area (Å²) in [6.07, 6.45) is 4.04. The summed E-state index contributed by atoms with van der Waals surface area (Å²) < 4.78 is 6.34. The Bertz CT molecular complexity index is 852. The Morgan fingerprint density at radius 1 is 1.29 bits per heavy atom. The van der Waals surface area contributed by atoms with Crippen LogP contribution >= 0.6 is 0 Å². The van der Waals surface area contributed by atoms with Gasteiger partial charge in [-0.05, 0) is 36.8 Å². The van der Waals surface area contributed by atoms with E-state index >= 15 is 0 Å². The molecular weight excluding hydrogens is 364 g/mol. The number of H-pyrrole nitrogens is 1. The first-order chi connectivity index (χ1) is 13.3. The van der Waals surface area contributed by atoms with E-state index in [1.807, 2.05) is 0 Å². The first-order valence-electron chi connectivity index (χ1n) is 10.8. The molecule has 0 fully saturated rings. The fourth-order valence-electron chi connectivity index (χ4n) is 4.68. The first-order valence-corrected chi connectivity index (χ1v) is 14.4. The molecular formula is C23H36N2O2Si. The molecule has 0 saturated carbocycles. The summed E-state index contributed by atoms with van der Waals surface area (Å²) >= 11 is 0. The number of hydrogen-bond acceptors (Lipinski definition) is 2. The predicted octanol–water partition coefficient (Wildman–Crippen LogP) is 5.07. The number of carbonyl (C=O) groups is 1.